The Morgan fingerprint density at radius 2 is 1.92 bits per heavy atom. The van der Waals surface area contributed by atoms with Gasteiger partial charge in [0.15, 0.2) is 5.84 Å². The quantitative estimate of drug-likeness (QED) is 0.227. The molecule has 0 aliphatic rings. The minimum atomic E-state index is -0.587. The van der Waals surface area contributed by atoms with Crippen LogP contribution in [0.15, 0.2) is 99.6 Å². The highest BCUT2D eigenvalue weighted by Crippen LogP contribution is 2.31. The summed E-state index contributed by atoms with van der Waals surface area (Å²) in [5, 5.41) is 10.8. The Hall–Kier alpha value is -5.23. The van der Waals surface area contributed by atoms with Crippen LogP contribution in [0.25, 0.3) is 27.6 Å². The number of benzene rings is 2. The minimum absolute atomic E-state index is 0.0730. The lowest BCUT2D eigenvalue weighted by molar-refractivity contribution is 0.413. The number of nitrogens with two attached hydrogens (primary N) is 2. The Labute approximate surface area is 220 Å². The molecule has 0 radical (unpaired) electrons. The fraction of sp³-hybridized carbons (Fsp3) is 0.138. The van der Waals surface area contributed by atoms with Gasteiger partial charge in [0.05, 0.1) is 36.3 Å². The Bertz CT molecular complexity index is 1680. The van der Waals surface area contributed by atoms with E-state index in [9.17, 15) is 10.1 Å². The zero-order valence-electron chi connectivity index (χ0n) is 21.3. The van der Waals surface area contributed by atoms with Crippen molar-refractivity contribution < 1.29 is 4.74 Å². The van der Waals surface area contributed by atoms with E-state index < -0.39 is 6.04 Å². The number of aromatic nitrogens is 2. The molecule has 38 heavy (non-hydrogen) atoms. The third kappa shape index (κ3) is 5.15. The molecule has 2 aromatic heterocycles. The van der Waals surface area contributed by atoms with Crippen LogP contribution >= 0.6 is 0 Å². The predicted molar refractivity (Wildman–Crippen MR) is 150 cm³/mol. The van der Waals surface area contributed by atoms with Crippen LogP contribution in [0.5, 0.6) is 5.75 Å². The van der Waals surface area contributed by atoms with E-state index in [2.05, 4.69) is 15.0 Å². The van der Waals surface area contributed by atoms with Crippen molar-refractivity contribution in [3.05, 3.63) is 101 Å². The van der Waals surface area contributed by atoms with Crippen LogP contribution in [0.1, 0.15) is 25.6 Å². The third-order valence-corrected chi connectivity index (χ3v) is 5.90. The fourth-order valence-corrected chi connectivity index (χ4v) is 4.19. The number of nitriles is 1. The van der Waals surface area contributed by atoms with Gasteiger partial charge in [0, 0.05) is 23.6 Å². The molecular formula is C29H27N7O2. The molecule has 0 fully saturated rings. The lowest BCUT2D eigenvalue weighted by Gasteiger charge is -2.19. The third-order valence-electron chi connectivity index (χ3n) is 5.90. The number of pyridine rings is 2. The van der Waals surface area contributed by atoms with Gasteiger partial charge in [-0.1, -0.05) is 36.4 Å². The maximum atomic E-state index is 14.2. The van der Waals surface area contributed by atoms with Crippen LogP contribution in [0.3, 0.4) is 0 Å². The zero-order valence-corrected chi connectivity index (χ0v) is 21.3. The number of para-hydroxylation sites is 1. The van der Waals surface area contributed by atoms with Gasteiger partial charge in [-0.3, -0.25) is 19.3 Å². The van der Waals surface area contributed by atoms with E-state index >= 15 is 0 Å². The van der Waals surface area contributed by atoms with Crippen LogP contribution < -0.4 is 21.8 Å². The minimum Gasteiger partial charge on any atom is -0.495 e. The Morgan fingerprint density at radius 1 is 1.16 bits per heavy atom. The number of nitrogens with zero attached hydrogens (tertiary/aromatic N) is 5. The van der Waals surface area contributed by atoms with E-state index in [1.165, 1.54) is 0 Å². The molecule has 2 heterocycles. The fourth-order valence-electron chi connectivity index (χ4n) is 4.19. The summed E-state index contributed by atoms with van der Waals surface area (Å²) in [5.74, 6) is 0.902. The van der Waals surface area contributed by atoms with E-state index in [1.807, 2.05) is 73.7 Å². The Morgan fingerprint density at radius 3 is 2.58 bits per heavy atom. The monoisotopic (exact) mass is 505 g/mol. The maximum absolute atomic E-state index is 14.2. The number of amidine groups is 2. The number of methoxy groups -OCH3 is 1. The molecule has 4 N–H and O–H groups in total. The number of fused-ring (bicyclic) bond motifs is 1. The van der Waals surface area contributed by atoms with E-state index in [0.29, 0.717) is 22.5 Å². The van der Waals surface area contributed by atoms with Crippen molar-refractivity contribution in [3.8, 4) is 28.6 Å². The first kappa shape index (κ1) is 25.9. The average Bonchev–Trinajstić information content (AvgIpc) is 2.93. The second-order valence-electron chi connectivity index (χ2n) is 8.50. The summed E-state index contributed by atoms with van der Waals surface area (Å²) < 4.78 is 6.98. The smallest absolute Gasteiger partial charge is 0.263 e. The topological polar surface area (TPSA) is 145 Å². The van der Waals surface area contributed by atoms with Gasteiger partial charge >= 0.3 is 0 Å². The van der Waals surface area contributed by atoms with Gasteiger partial charge in [-0.05, 0) is 49.1 Å². The molecule has 0 aliphatic carbocycles. The van der Waals surface area contributed by atoms with Crippen molar-refractivity contribution in [3.63, 3.8) is 0 Å². The molecule has 190 valence electrons. The number of aliphatic imine (C=N–C) groups is 2. The summed E-state index contributed by atoms with van der Waals surface area (Å²) in [5.41, 5.74) is 14.0. The highest BCUT2D eigenvalue weighted by atomic mass is 16.5. The maximum Gasteiger partial charge on any atom is 0.263 e. The lowest BCUT2D eigenvalue weighted by atomic mass is 9.98. The molecule has 0 saturated carbocycles. The van der Waals surface area contributed by atoms with Crippen LogP contribution in [0.2, 0.25) is 0 Å². The Balaban J connectivity index is 2.04. The first-order valence-electron chi connectivity index (χ1n) is 11.8. The molecule has 9 heteroatoms. The zero-order chi connectivity index (χ0) is 27.2. The number of ether oxygens (including phenoxy) is 1. The van der Waals surface area contributed by atoms with Crippen LogP contribution in [-0.4, -0.2) is 28.3 Å². The summed E-state index contributed by atoms with van der Waals surface area (Å²) in [4.78, 5) is 27.4. The first-order valence-corrected chi connectivity index (χ1v) is 11.8. The number of hydrogen-bond acceptors (Lipinski definition) is 6. The van der Waals surface area contributed by atoms with Crippen LogP contribution in [-0.2, 0) is 0 Å². The molecule has 2 aromatic carbocycles. The largest absolute Gasteiger partial charge is 0.495 e. The summed E-state index contributed by atoms with van der Waals surface area (Å²) >= 11 is 0. The summed E-state index contributed by atoms with van der Waals surface area (Å²) in [6, 6.07) is 20.1. The highest BCUT2D eigenvalue weighted by Gasteiger charge is 2.20. The van der Waals surface area contributed by atoms with Crippen molar-refractivity contribution in [1.82, 2.24) is 9.55 Å². The molecule has 0 spiro atoms. The van der Waals surface area contributed by atoms with E-state index in [1.54, 1.807) is 31.0 Å². The SMILES string of the molecule is COc1cncc(-c2cccc3cc([C@H](C)N=C(N=C(C)N)C(C#N)=CN)n(-c4ccccc4)c(=O)c23)c1. The van der Waals surface area contributed by atoms with Gasteiger partial charge in [-0.25, -0.2) is 4.99 Å². The van der Waals surface area contributed by atoms with Crippen LogP contribution in [0.4, 0.5) is 0 Å². The standard InChI is InChI=1S/C29H27N7O2/c1-18(34-28(35-19(2)32)22(14-30)15-31)26-13-20-8-7-11-25(21-12-24(38-3)17-33-16-21)27(20)29(37)36(26)23-9-5-4-6-10-23/h4-14,16-18H,30H2,1-3H3,(H2,32,34,35)/t18-/m0/s1. The molecule has 0 amide bonds. The first-order chi connectivity index (χ1) is 18.4. The molecule has 9 nitrogen and oxygen atoms in total. The summed E-state index contributed by atoms with van der Waals surface area (Å²) in [6.45, 7) is 3.42. The second kappa shape index (κ2) is 11.2. The second-order valence-corrected chi connectivity index (χ2v) is 8.50. The number of rotatable bonds is 6. The van der Waals surface area contributed by atoms with Crippen molar-refractivity contribution in [2.75, 3.05) is 7.11 Å². The molecule has 0 aliphatic heterocycles. The van der Waals surface area contributed by atoms with Crippen molar-refractivity contribution in [2.24, 2.45) is 21.5 Å². The van der Waals surface area contributed by atoms with E-state index in [-0.39, 0.29) is 22.8 Å². The van der Waals surface area contributed by atoms with Gasteiger partial charge < -0.3 is 16.2 Å². The van der Waals surface area contributed by atoms with Crippen LogP contribution in [0, 0.1) is 11.3 Å². The van der Waals surface area contributed by atoms with Gasteiger partial charge in [0.1, 0.15) is 17.4 Å². The van der Waals surface area contributed by atoms with Gasteiger partial charge in [-0.15, -0.1) is 0 Å². The van der Waals surface area contributed by atoms with Crippen molar-refractivity contribution in [2.45, 2.75) is 19.9 Å². The van der Waals surface area contributed by atoms with Gasteiger partial charge in [0.2, 0.25) is 0 Å². The Kier molecular flexibility index (Phi) is 7.63. The molecule has 0 saturated heterocycles. The predicted octanol–water partition coefficient (Wildman–Crippen LogP) is 4.26. The van der Waals surface area contributed by atoms with Gasteiger partial charge in [-0.2, -0.15) is 5.26 Å². The number of hydrogen-bond donors (Lipinski definition) is 2. The van der Waals surface area contributed by atoms with Gasteiger partial charge in [0.25, 0.3) is 5.56 Å². The van der Waals surface area contributed by atoms with Crippen molar-refractivity contribution in [1.29, 1.82) is 5.26 Å². The molecular weight excluding hydrogens is 478 g/mol. The molecule has 4 rings (SSSR count). The molecule has 4 aromatic rings. The summed E-state index contributed by atoms with van der Waals surface area (Å²) in [6.07, 6.45) is 4.45. The molecule has 1 atom stereocenters. The molecule has 0 unspecified atom stereocenters. The molecule has 0 bridgehead atoms. The van der Waals surface area contributed by atoms with Crippen molar-refractivity contribution >= 4 is 22.4 Å². The highest BCUT2D eigenvalue weighted by molar-refractivity contribution is 6.08. The lowest BCUT2D eigenvalue weighted by Crippen LogP contribution is -2.24. The summed E-state index contributed by atoms with van der Waals surface area (Å²) in [7, 11) is 1.57. The average molecular weight is 506 g/mol. The van der Waals surface area contributed by atoms with E-state index in [4.69, 9.17) is 16.2 Å². The normalized spacial score (nSPS) is 13.3. The van der Waals surface area contributed by atoms with E-state index in [0.717, 1.165) is 22.7 Å².